The van der Waals surface area contributed by atoms with Crippen LogP contribution in [0.3, 0.4) is 0 Å². The van der Waals surface area contributed by atoms with Gasteiger partial charge in [0.2, 0.25) is 0 Å². The summed E-state index contributed by atoms with van der Waals surface area (Å²) in [6.07, 6.45) is -0.174. The summed E-state index contributed by atoms with van der Waals surface area (Å²) < 4.78 is 41.6. The summed E-state index contributed by atoms with van der Waals surface area (Å²) in [5.74, 6) is 1.06. The van der Waals surface area contributed by atoms with Gasteiger partial charge in [-0.3, -0.25) is 0 Å². The number of sulfone groups is 1. The van der Waals surface area contributed by atoms with E-state index in [-0.39, 0.29) is 22.0 Å². The number of hydrogen-bond donors (Lipinski definition) is 0. The first-order valence-corrected chi connectivity index (χ1v) is 21.4. The average molecular weight is 702 g/mol. The molecule has 11 heteroatoms. The van der Waals surface area contributed by atoms with Crippen molar-refractivity contribution in [3.05, 3.63) is 47.5 Å². The van der Waals surface area contributed by atoms with Gasteiger partial charge in [0, 0.05) is 0 Å². The molecule has 0 aliphatic heterocycles. The number of hydrogen-bond acceptors (Lipinski definition) is 4. The fraction of sp³-hybridized carbons (Fsp3) is 0.300. The average Bonchev–Trinajstić information content (AvgIpc) is 2.62. The Morgan fingerprint density at radius 3 is 1.39 bits per heavy atom. The molecule has 0 atom stereocenters. The van der Waals surface area contributed by atoms with E-state index in [0.29, 0.717) is 22.6 Å². The minimum atomic E-state index is -3.84. The van der Waals surface area contributed by atoms with Crippen LogP contribution in [0.4, 0.5) is 0 Å². The molecule has 2 rings (SSSR count). The van der Waals surface area contributed by atoms with Gasteiger partial charge in [0.25, 0.3) is 0 Å². The monoisotopic (exact) mass is 702 g/mol. The molecule has 31 heavy (non-hydrogen) atoms. The Balaban J connectivity index is 2.61. The van der Waals surface area contributed by atoms with Gasteiger partial charge >= 0.3 is 211 Å². The summed E-state index contributed by atoms with van der Waals surface area (Å²) >= 11 is -4.42. The summed E-state index contributed by atoms with van der Waals surface area (Å²) in [6.45, 7) is 7.53. The summed E-state index contributed by atoms with van der Waals surface area (Å²) in [5.41, 5.74) is 1.11. The van der Waals surface area contributed by atoms with Crippen molar-refractivity contribution in [2.24, 2.45) is 0 Å². The first kappa shape index (κ1) is 27.4. The van der Waals surface area contributed by atoms with Crippen LogP contribution in [-0.2, 0) is 36.9 Å². The fourth-order valence-corrected chi connectivity index (χ4v) is 7.47. The predicted molar refractivity (Wildman–Crippen MR) is 124 cm³/mol. The van der Waals surface area contributed by atoms with Gasteiger partial charge in [-0.25, -0.2) is 0 Å². The van der Waals surface area contributed by atoms with Gasteiger partial charge in [-0.05, 0) is 0 Å². The van der Waals surface area contributed by atoms with E-state index in [9.17, 15) is 8.42 Å². The molecule has 2 aromatic carbocycles. The molecule has 2 aromatic rings. The van der Waals surface area contributed by atoms with Crippen LogP contribution in [0.2, 0.25) is 0 Å². The molecule has 0 radical (unpaired) electrons. The number of halogens is 4. The Kier molecular flexibility index (Phi) is 10.6. The third-order valence-corrected chi connectivity index (χ3v) is 9.10. The molecule has 0 amide bonds. The zero-order chi connectivity index (χ0) is 23.3. The van der Waals surface area contributed by atoms with Crippen LogP contribution in [0, 0.1) is 0 Å². The summed E-state index contributed by atoms with van der Waals surface area (Å²) in [6, 6.07) is 9.31. The minimum absolute atomic E-state index is 0.0872. The number of ether oxygens (including phenoxy) is 2. The zero-order valence-electron chi connectivity index (χ0n) is 17.0. The standard InChI is InChI=1S/C20H22O4S.4ClH.2Ru/c1-13(2)23-19-9-7-17(11-15(19)5)25(21,22)18-8-10-20(16(6)12-18)24-14(3)4;;;;;;/h5-14H,1-4H3;4*1H;;/q;;;;;2*+2/p-4. The second-order valence-electron chi connectivity index (χ2n) is 6.85. The van der Waals surface area contributed by atoms with Crippen molar-refractivity contribution < 1.29 is 44.9 Å². The van der Waals surface area contributed by atoms with Gasteiger partial charge in [0.15, 0.2) is 0 Å². The Bertz CT molecular complexity index is 1030. The molecule has 0 fully saturated rings. The molecule has 0 aliphatic carbocycles. The van der Waals surface area contributed by atoms with E-state index < -0.39 is 36.9 Å². The van der Waals surface area contributed by atoms with Crippen LogP contribution in [0.25, 0.3) is 0 Å². The first-order chi connectivity index (χ1) is 14.4. The van der Waals surface area contributed by atoms with Crippen LogP contribution in [-0.4, -0.2) is 29.8 Å². The van der Waals surface area contributed by atoms with E-state index in [2.05, 4.69) is 0 Å². The van der Waals surface area contributed by atoms with Gasteiger partial charge in [0.1, 0.15) is 0 Å². The molecule has 0 aromatic heterocycles. The Labute approximate surface area is 209 Å². The van der Waals surface area contributed by atoms with E-state index in [1.165, 1.54) is 24.3 Å². The van der Waals surface area contributed by atoms with Crippen molar-refractivity contribution in [1.29, 1.82) is 0 Å². The Morgan fingerprint density at radius 1 is 0.742 bits per heavy atom. The van der Waals surface area contributed by atoms with Gasteiger partial charge < -0.3 is 0 Å². The fourth-order valence-electron chi connectivity index (χ4n) is 2.57. The third-order valence-electron chi connectivity index (χ3n) is 3.68. The summed E-state index contributed by atoms with van der Waals surface area (Å²) in [4.78, 5) is 0.209. The maximum atomic E-state index is 13.4. The molecule has 176 valence electrons. The van der Waals surface area contributed by atoms with Crippen molar-refractivity contribution in [2.45, 2.75) is 49.7 Å². The van der Waals surface area contributed by atoms with Crippen LogP contribution >= 0.6 is 38.8 Å². The van der Waals surface area contributed by atoms with E-state index in [4.69, 9.17) is 48.2 Å². The van der Waals surface area contributed by atoms with Crippen molar-refractivity contribution in [3.8, 4) is 11.5 Å². The molecule has 0 saturated carbocycles. The molecule has 0 spiro atoms. The number of benzene rings is 2. The normalized spacial score (nSPS) is 12.6. The maximum absolute atomic E-state index is 13.4. The van der Waals surface area contributed by atoms with Gasteiger partial charge in [0.05, 0.1) is 0 Å². The third kappa shape index (κ3) is 8.14. The molecule has 0 N–H and O–H groups in total. The molecule has 0 unspecified atom stereocenters. The van der Waals surface area contributed by atoms with E-state index in [0.717, 1.165) is 0 Å². The van der Waals surface area contributed by atoms with E-state index in [1.54, 1.807) is 21.4 Å². The molecular weight excluding hydrogens is 680 g/mol. The van der Waals surface area contributed by atoms with Gasteiger partial charge in [-0.2, -0.15) is 0 Å². The Hall–Kier alpha value is 0.137. The topological polar surface area (TPSA) is 52.6 Å². The van der Waals surface area contributed by atoms with Crippen LogP contribution in [0.15, 0.2) is 46.2 Å². The van der Waals surface area contributed by atoms with Crippen LogP contribution in [0.5, 0.6) is 11.5 Å². The predicted octanol–water partition coefficient (Wildman–Crippen LogP) is 6.25. The van der Waals surface area contributed by atoms with Crippen molar-refractivity contribution in [1.82, 2.24) is 0 Å². The van der Waals surface area contributed by atoms with Crippen LogP contribution < -0.4 is 9.47 Å². The molecule has 0 saturated heterocycles. The number of rotatable bonds is 8. The molecule has 0 heterocycles. The zero-order valence-corrected chi connectivity index (χ0v) is 24.4. The van der Waals surface area contributed by atoms with Gasteiger partial charge in [-0.1, -0.05) is 0 Å². The quantitative estimate of drug-likeness (QED) is 0.306. The van der Waals surface area contributed by atoms with E-state index in [1.807, 2.05) is 27.7 Å². The summed E-state index contributed by atoms with van der Waals surface area (Å²) in [7, 11) is 20.3. The molecular formula is C20H22Cl4O4Ru2S. The SMILES string of the molecule is CC(C)Oc1ccc(S(=O)(=O)c2ccc(OC(C)C)c([CH]=[Ru]([Cl])[Cl])c2)cc1[CH]=[Ru]([Cl])[Cl]. The van der Waals surface area contributed by atoms with Crippen molar-refractivity contribution in [2.75, 3.05) is 0 Å². The Morgan fingerprint density at radius 2 is 1.10 bits per heavy atom. The molecule has 0 bridgehead atoms. The second kappa shape index (κ2) is 12.0. The van der Waals surface area contributed by atoms with Crippen molar-refractivity contribution >= 4 is 57.8 Å². The van der Waals surface area contributed by atoms with Crippen molar-refractivity contribution in [3.63, 3.8) is 0 Å². The van der Waals surface area contributed by atoms with Gasteiger partial charge in [-0.15, -0.1) is 0 Å². The van der Waals surface area contributed by atoms with Crippen LogP contribution in [0.1, 0.15) is 38.8 Å². The molecule has 4 nitrogen and oxygen atoms in total. The molecule has 0 aliphatic rings. The first-order valence-electron chi connectivity index (χ1n) is 8.93. The summed E-state index contributed by atoms with van der Waals surface area (Å²) in [5, 5.41) is 0. The van der Waals surface area contributed by atoms with E-state index >= 15 is 0 Å². The second-order valence-corrected chi connectivity index (χ2v) is 20.2.